The van der Waals surface area contributed by atoms with E-state index < -0.39 is 15.9 Å². The number of halogens is 1. The second-order valence-corrected chi connectivity index (χ2v) is 9.19. The first-order valence-electron chi connectivity index (χ1n) is 8.32. The number of sulfonamides is 1. The fraction of sp³-hybridized carbons (Fsp3) is 0.263. The van der Waals surface area contributed by atoms with Crippen molar-refractivity contribution in [2.75, 3.05) is 17.1 Å². The van der Waals surface area contributed by atoms with Crippen molar-refractivity contribution in [1.82, 2.24) is 5.43 Å². The van der Waals surface area contributed by atoms with Crippen LogP contribution in [-0.2, 0) is 14.8 Å². The van der Waals surface area contributed by atoms with Crippen LogP contribution in [0.5, 0.6) is 0 Å². The normalized spacial score (nSPS) is 11.7. The highest BCUT2D eigenvalue weighted by Crippen LogP contribution is 2.21. The first kappa shape index (κ1) is 21.1. The number of hydrazone groups is 1. The molecule has 6 nitrogen and oxygen atoms in total. The number of rotatable bonds is 7. The van der Waals surface area contributed by atoms with Crippen molar-refractivity contribution in [3.63, 3.8) is 0 Å². The van der Waals surface area contributed by atoms with Crippen molar-refractivity contribution < 1.29 is 13.2 Å². The lowest BCUT2D eigenvalue weighted by Crippen LogP contribution is -2.39. The minimum absolute atomic E-state index is 0.335. The number of benzene rings is 2. The Bertz CT molecular complexity index is 925. The van der Waals surface area contributed by atoms with Crippen LogP contribution in [0.15, 0.2) is 58.1 Å². The Morgan fingerprint density at radius 2 is 1.89 bits per heavy atom. The zero-order valence-electron chi connectivity index (χ0n) is 15.4. The molecular weight excluding hydrogens is 430 g/mol. The lowest BCUT2D eigenvalue weighted by molar-refractivity contribution is -0.119. The van der Waals surface area contributed by atoms with Crippen LogP contribution < -0.4 is 9.73 Å². The first-order chi connectivity index (χ1) is 12.7. The van der Waals surface area contributed by atoms with Gasteiger partial charge < -0.3 is 0 Å². The molecule has 0 heterocycles. The second kappa shape index (κ2) is 9.14. The van der Waals surface area contributed by atoms with E-state index in [0.29, 0.717) is 11.6 Å². The van der Waals surface area contributed by atoms with Crippen molar-refractivity contribution in [2.45, 2.75) is 19.8 Å². The summed E-state index contributed by atoms with van der Waals surface area (Å²) < 4.78 is 26.2. The third-order valence-electron chi connectivity index (χ3n) is 3.79. The Balaban J connectivity index is 2.08. The molecule has 0 saturated carbocycles. The zero-order valence-corrected chi connectivity index (χ0v) is 17.8. The molecule has 0 aliphatic rings. The van der Waals surface area contributed by atoms with E-state index in [9.17, 15) is 13.2 Å². The molecule has 0 saturated heterocycles. The van der Waals surface area contributed by atoms with Crippen LogP contribution in [-0.4, -0.2) is 33.3 Å². The molecule has 0 spiro atoms. The molecule has 0 unspecified atom stereocenters. The van der Waals surface area contributed by atoms with Gasteiger partial charge in [-0.25, -0.2) is 13.8 Å². The Hall–Kier alpha value is -2.19. The number of anilines is 1. The zero-order chi connectivity index (χ0) is 20.0. The number of carbonyl (C=O) groups excluding carboxylic acids is 1. The van der Waals surface area contributed by atoms with Crippen LogP contribution >= 0.6 is 15.9 Å². The van der Waals surface area contributed by atoms with Gasteiger partial charge in [0.15, 0.2) is 0 Å². The van der Waals surface area contributed by atoms with Crippen LogP contribution in [0.1, 0.15) is 30.9 Å². The number of carbonyl (C=O) groups is 1. The smallest absolute Gasteiger partial charge is 0.260 e. The first-order valence-corrected chi connectivity index (χ1v) is 11.0. The minimum atomic E-state index is -3.61. The molecule has 0 fully saturated rings. The van der Waals surface area contributed by atoms with Gasteiger partial charge in [-0.1, -0.05) is 54.0 Å². The summed E-state index contributed by atoms with van der Waals surface area (Å²) in [5, 5.41) is 3.88. The standard InChI is InChI=1S/C19H22BrN3O3S/c1-14(2)16-7-9-18(10-8-16)23(27(3,25)26)13-19(24)22-21-12-15-5-4-6-17(20)11-15/h4-12,14H,13H2,1-3H3,(H,22,24)/b21-12-. The van der Waals surface area contributed by atoms with E-state index in [1.165, 1.54) is 6.21 Å². The van der Waals surface area contributed by atoms with E-state index in [1.54, 1.807) is 12.1 Å². The summed E-state index contributed by atoms with van der Waals surface area (Å²) >= 11 is 3.35. The van der Waals surface area contributed by atoms with Gasteiger partial charge in [-0.05, 0) is 41.3 Å². The predicted molar refractivity (Wildman–Crippen MR) is 113 cm³/mol. The van der Waals surface area contributed by atoms with Gasteiger partial charge in [-0.15, -0.1) is 0 Å². The number of amides is 1. The van der Waals surface area contributed by atoms with Crippen molar-refractivity contribution in [1.29, 1.82) is 0 Å². The molecule has 0 aromatic heterocycles. The molecule has 2 aromatic rings. The average molecular weight is 452 g/mol. The van der Waals surface area contributed by atoms with Crippen LogP contribution in [0.2, 0.25) is 0 Å². The van der Waals surface area contributed by atoms with Crippen molar-refractivity contribution in [2.24, 2.45) is 5.10 Å². The third-order valence-corrected chi connectivity index (χ3v) is 5.42. The number of nitrogens with one attached hydrogen (secondary N) is 1. The number of hydrogen-bond donors (Lipinski definition) is 1. The summed E-state index contributed by atoms with van der Waals surface area (Å²) in [6, 6.07) is 14.5. The summed E-state index contributed by atoms with van der Waals surface area (Å²) in [5.41, 5.74) is 4.69. The van der Waals surface area contributed by atoms with Gasteiger partial charge in [0.1, 0.15) is 6.54 Å². The Morgan fingerprint density at radius 3 is 2.44 bits per heavy atom. The maximum absolute atomic E-state index is 12.2. The molecule has 144 valence electrons. The van der Waals surface area contributed by atoms with E-state index in [1.807, 2.05) is 36.4 Å². The highest BCUT2D eigenvalue weighted by molar-refractivity contribution is 9.10. The molecule has 1 N–H and O–H groups in total. The van der Waals surface area contributed by atoms with E-state index >= 15 is 0 Å². The van der Waals surface area contributed by atoms with E-state index in [2.05, 4.69) is 40.3 Å². The molecule has 0 aliphatic carbocycles. The number of hydrogen-bond acceptors (Lipinski definition) is 4. The molecule has 0 bridgehead atoms. The van der Waals surface area contributed by atoms with Crippen molar-refractivity contribution in [3.8, 4) is 0 Å². The Kier molecular flexibility index (Phi) is 7.15. The Labute approximate surface area is 168 Å². The van der Waals surface area contributed by atoms with Crippen LogP contribution in [0.3, 0.4) is 0 Å². The summed E-state index contributed by atoms with van der Waals surface area (Å²) in [6.07, 6.45) is 2.56. The molecule has 27 heavy (non-hydrogen) atoms. The molecule has 2 aromatic carbocycles. The van der Waals surface area contributed by atoms with Crippen molar-refractivity contribution >= 4 is 43.8 Å². The van der Waals surface area contributed by atoms with Gasteiger partial charge in [0.2, 0.25) is 10.0 Å². The van der Waals surface area contributed by atoms with Crippen LogP contribution in [0.25, 0.3) is 0 Å². The van der Waals surface area contributed by atoms with Crippen LogP contribution in [0, 0.1) is 0 Å². The summed E-state index contributed by atoms with van der Waals surface area (Å²) in [5.74, 6) is -0.194. The topological polar surface area (TPSA) is 78.8 Å². The molecule has 2 rings (SSSR count). The Morgan fingerprint density at radius 1 is 1.22 bits per heavy atom. The maximum Gasteiger partial charge on any atom is 0.260 e. The highest BCUT2D eigenvalue weighted by atomic mass is 79.9. The summed E-state index contributed by atoms with van der Waals surface area (Å²) in [7, 11) is -3.61. The van der Waals surface area contributed by atoms with Crippen LogP contribution in [0.4, 0.5) is 5.69 Å². The molecule has 8 heteroatoms. The second-order valence-electron chi connectivity index (χ2n) is 6.36. The minimum Gasteiger partial charge on any atom is -0.271 e. The molecule has 1 amide bonds. The predicted octanol–water partition coefficient (Wildman–Crippen LogP) is 3.49. The van der Waals surface area contributed by atoms with Gasteiger partial charge in [0.05, 0.1) is 18.2 Å². The quantitative estimate of drug-likeness (QED) is 0.516. The van der Waals surface area contributed by atoms with Gasteiger partial charge in [-0.3, -0.25) is 9.10 Å². The van der Waals surface area contributed by atoms with E-state index in [4.69, 9.17) is 0 Å². The van der Waals surface area contributed by atoms with E-state index in [0.717, 1.165) is 26.2 Å². The lowest BCUT2D eigenvalue weighted by Gasteiger charge is -2.21. The molecule has 0 atom stereocenters. The fourth-order valence-corrected chi connectivity index (χ4v) is 3.63. The maximum atomic E-state index is 12.2. The van der Waals surface area contributed by atoms with E-state index in [-0.39, 0.29) is 6.54 Å². The number of nitrogens with zero attached hydrogens (tertiary/aromatic N) is 2. The van der Waals surface area contributed by atoms with Gasteiger partial charge in [0, 0.05) is 4.47 Å². The third kappa shape index (κ3) is 6.48. The van der Waals surface area contributed by atoms with Gasteiger partial charge in [-0.2, -0.15) is 5.10 Å². The summed E-state index contributed by atoms with van der Waals surface area (Å²) in [6.45, 7) is 3.76. The summed E-state index contributed by atoms with van der Waals surface area (Å²) in [4.78, 5) is 12.2. The van der Waals surface area contributed by atoms with Crippen molar-refractivity contribution in [3.05, 3.63) is 64.1 Å². The lowest BCUT2D eigenvalue weighted by atomic mass is 10.0. The largest absolute Gasteiger partial charge is 0.271 e. The SMILES string of the molecule is CC(C)c1ccc(N(CC(=O)N/N=C\c2cccc(Br)c2)S(C)(=O)=O)cc1. The molecular formula is C19H22BrN3O3S. The monoisotopic (exact) mass is 451 g/mol. The highest BCUT2D eigenvalue weighted by Gasteiger charge is 2.20. The molecule has 0 radical (unpaired) electrons. The average Bonchev–Trinajstić information content (AvgIpc) is 2.59. The van der Waals surface area contributed by atoms with Gasteiger partial charge in [0.25, 0.3) is 5.91 Å². The fourth-order valence-electron chi connectivity index (χ4n) is 2.36. The van der Waals surface area contributed by atoms with Gasteiger partial charge >= 0.3 is 0 Å². The molecule has 0 aliphatic heterocycles.